The van der Waals surface area contributed by atoms with Crippen molar-refractivity contribution >= 4 is 0 Å². The van der Waals surface area contributed by atoms with Crippen LogP contribution in [0.5, 0.6) is 0 Å². The lowest BCUT2D eigenvalue weighted by Crippen LogP contribution is -2.35. The van der Waals surface area contributed by atoms with Crippen molar-refractivity contribution in [1.29, 1.82) is 0 Å². The Morgan fingerprint density at radius 2 is 1.83 bits per heavy atom. The van der Waals surface area contributed by atoms with E-state index < -0.39 is 0 Å². The predicted octanol–water partition coefficient (Wildman–Crippen LogP) is 2.81. The molecule has 1 aromatic heterocycles. The van der Waals surface area contributed by atoms with E-state index in [-0.39, 0.29) is 5.54 Å². The quantitative estimate of drug-likeness (QED) is 0.840. The van der Waals surface area contributed by atoms with Crippen LogP contribution < -0.4 is 5.32 Å². The van der Waals surface area contributed by atoms with E-state index >= 15 is 0 Å². The lowest BCUT2D eigenvalue weighted by molar-refractivity contribution is 0.292. The molecule has 0 spiro atoms. The third kappa shape index (κ3) is 5.61. The second kappa shape index (κ2) is 6.86. The average molecular weight is 249 g/mol. The monoisotopic (exact) mass is 249 g/mol. The summed E-state index contributed by atoms with van der Waals surface area (Å²) in [4.78, 5) is 6.90. The highest BCUT2D eigenvalue weighted by molar-refractivity contribution is 5.14. The fraction of sp³-hybridized carbons (Fsp3) is 0.667. The molecule has 0 fully saturated rings. The molecule has 0 saturated carbocycles. The zero-order valence-corrected chi connectivity index (χ0v) is 12.5. The van der Waals surface area contributed by atoms with E-state index in [4.69, 9.17) is 0 Å². The zero-order valence-electron chi connectivity index (χ0n) is 12.5. The van der Waals surface area contributed by atoms with Crippen molar-refractivity contribution in [2.24, 2.45) is 0 Å². The zero-order chi connectivity index (χ0) is 13.6. The summed E-state index contributed by atoms with van der Waals surface area (Å²) in [6.45, 7) is 14.9. The first-order valence-electron chi connectivity index (χ1n) is 6.85. The van der Waals surface area contributed by atoms with Gasteiger partial charge in [0, 0.05) is 24.8 Å². The van der Waals surface area contributed by atoms with Crippen LogP contribution in [0.25, 0.3) is 0 Å². The molecule has 0 aromatic carbocycles. The van der Waals surface area contributed by atoms with Gasteiger partial charge in [0.1, 0.15) is 0 Å². The maximum Gasteiger partial charge on any atom is 0.0544 e. The van der Waals surface area contributed by atoms with E-state index in [9.17, 15) is 0 Å². The third-order valence-corrected chi connectivity index (χ3v) is 2.99. The molecule has 0 atom stereocenters. The van der Waals surface area contributed by atoms with Crippen molar-refractivity contribution in [2.45, 2.75) is 53.2 Å². The molecule has 0 aliphatic carbocycles. The largest absolute Gasteiger partial charge is 0.308 e. The Morgan fingerprint density at radius 1 is 1.17 bits per heavy atom. The Hall–Kier alpha value is -0.930. The van der Waals surface area contributed by atoms with Gasteiger partial charge in [0.05, 0.1) is 5.69 Å². The lowest BCUT2D eigenvalue weighted by Gasteiger charge is -2.21. The second-order valence-electron chi connectivity index (χ2n) is 5.72. The van der Waals surface area contributed by atoms with Crippen molar-refractivity contribution in [3.63, 3.8) is 0 Å². The summed E-state index contributed by atoms with van der Waals surface area (Å²) in [5.41, 5.74) is 2.55. The van der Waals surface area contributed by atoms with Gasteiger partial charge in [-0.05, 0) is 45.5 Å². The molecule has 0 bridgehead atoms. The SMILES string of the molecule is CCN(CC)Cc1ccc(CNC(C)(C)C)cn1. The number of pyridine rings is 1. The summed E-state index contributed by atoms with van der Waals surface area (Å²) < 4.78 is 0. The Kier molecular flexibility index (Phi) is 5.76. The average Bonchev–Trinajstić information content (AvgIpc) is 2.34. The van der Waals surface area contributed by atoms with Crippen molar-refractivity contribution < 1.29 is 0 Å². The standard InChI is InChI=1S/C15H27N3/c1-6-18(7-2)12-14-9-8-13(10-16-14)11-17-15(3,4)5/h8-10,17H,6-7,11-12H2,1-5H3. The molecule has 3 heteroatoms. The number of nitrogens with one attached hydrogen (secondary N) is 1. The molecule has 1 heterocycles. The summed E-state index contributed by atoms with van der Waals surface area (Å²) in [5.74, 6) is 0. The fourth-order valence-corrected chi connectivity index (χ4v) is 1.70. The minimum Gasteiger partial charge on any atom is -0.308 e. The molecule has 102 valence electrons. The number of rotatable bonds is 6. The first kappa shape index (κ1) is 15.1. The highest BCUT2D eigenvalue weighted by Crippen LogP contribution is 2.06. The van der Waals surface area contributed by atoms with E-state index in [1.54, 1.807) is 0 Å². The number of hydrogen-bond acceptors (Lipinski definition) is 3. The number of hydrogen-bond donors (Lipinski definition) is 1. The van der Waals surface area contributed by atoms with Gasteiger partial charge in [-0.3, -0.25) is 9.88 Å². The Balaban J connectivity index is 2.52. The topological polar surface area (TPSA) is 28.2 Å². The summed E-state index contributed by atoms with van der Waals surface area (Å²) in [7, 11) is 0. The lowest BCUT2D eigenvalue weighted by atomic mass is 10.1. The molecule has 18 heavy (non-hydrogen) atoms. The molecular formula is C15H27N3. The van der Waals surface area contributed by atoms with Gasteiger partial charge in [-0.1, -0.05) is 19.9 Å². The van der Waals surface area contributed by atoms with Gasteiger partial charge in [0.2, 0.25) is 0 Å². The van der Waals surface area contributed by atoms with Crippen molar-refractivity contribution in [2.75, 3.05) is 13.1 Å². The van der Waals surface area contributed by atoms with Crippen LogP contribution >= 0.6 is 0 Å². The van der Waals surface area contributed by atoms with Gasteiger partial charge in [-0.15, -0.1) is 0 Å². The number of aromatic nitrogens is 1. The molecule has 1 N–H and O–H groups in total. The maximum absolute atomic E-state index is 4.53. The summed E-state index contributed by atoms with van der Waals surface area (Å²) in [6, 6.07) is 4.31. The van der Waals surface area contributed by atoms with Gasteiger partial charge >= 0.3 is 0 Å². The van der Waals surface area contributed by atoms with Crippen molar-refractivity contribution in [3.8, 4) is 0 Å². The summed E-state index contributed by atoms with van der Waals surface area (Å²) in [5, 5.41) is 3.47. The van der Waals surface area contributed by atoms with Crippen LogP contribution in [-0.4, -0.2) is 28.5 Å². The molecule has 1 rings (SSSR count). The van der Waals surface area contributed by atoms with Crippen LogP contribution in [0.3, 0.4) is 0 Å². The van der Waals surface area contributed by atoms with Crippen LogP contribution in [0.15, 0.2) is 18.3 Å². The molecule has 0 aliphatic heterocycles. The van der Waals surface area contributed by atoms with E-state index in [0.717, 1.165) is 31.9 Å². The first-order chi connectivity index (χ1) is 8.44. The van der Waals surface area contributed by atoms with Crippen LogP contribution in [0.1, 0.15) is 45.9 Å². The Labute approximate surface area is 112 Å². The number of nitrogens with zero attached hydrogens (tertiary/aromatic N) is 2. The Bertz CT molecular complexity index is 334. The minimum absolute atomic E-state index is 0.153. The van der Waals surface area contributed by atoms with Gasteiger partial charge < -0.3 is 5.32 Å². The van der Waals surface area contributed by atoms with E-state index in [1.807, 2.05) is 6.20 Å². The van der Waals surface area contributed by atoms with E-state index in [2.05, 4.69) is 62.0 Å². The molecule has 3 nitrogen and oxygen atoms in total. The highest BCUT2D eigenvalue weighted by Gasteiger charge is 2.08. The third-order valence-electron chi connectivity index (χ3n) is 2.99. The minimum atomic E-state index is 0.153. The van der Waals surface area contributed by atoms with E-state index in [0.29, 0.717) is 0 Å². The van der Waals surface area contributed by atoms with Gasteiger partial charge in [0.15, 0.2) is 0 Å². The molecular weight excluding hydrogens is 222 g/mol. The van der Waals surface area contributed by atoms with Crippen molar-refractivity contribution in [1.82, 2.24) is 15.2 Å². The van der Waals surface area contributed by atoms with Gasteiger partial charge in [0.25, 0.3) is 0 Å². The van der Waals surface area contributed by atoms with Crippen molar-refractivity contribution in [3.05, 3.63) is 29.6 Å². The normalized spacial score (nSPS) is 12.1. The molecule has 0 amide bonds. The molecule has 1 aromatic rings. The van der Waals surface area contributed by atoms with Gasteiger partial charge in [-0.25, -0.2) is 0 Å². The summed E-state index contributed by atoms with van der Waals surface area (Å²) in [6.07, 6.45) is 1.98. The van der Waals surface area contributed by atoms with Crippen LogP contribution in [0, 0.1) is 0 Å². The first-order valence-corrected chi connectivity index (χ1v) is 6.85. The maximum atomic E-state index is 4.53. The van der Waals surface area contributed by atoms with Crippen LogP contribution in [0.2, 0.25) is 0 Å². The fourth-order valence-electron chi connectivity index (χ4n) is 1.70. The van der Waals surface area contributed by atoms with E-state index in [1.165, 1.54) is 5.56 Å². The van der Waals surface area contributed by atoms with Crippen LogP contribution in [-0.2, 0) is 13.1 Å². The molecule has 0 aliphatic rings. The van der Waals surface area contributed by atoms with Gasteiger partial charge in [-0.2, -0.15) is 0 Å². The molecule has 0 unspecified atom stereocenters. The molecule has 0 radical (unpaired) electrons. The highest BCUT2D eigenvalue weighted by atomic mass is 15.1. The molecule has 0 saturated heterocycles. The second-order valence-corrected chi connectivity index (χ2v) is 5.72. The smallest absolute Gasteiger partial charge is 0.0544 e. The predicted molar refractivity (Wildman–Crippen MR) is 77.5 cm³/mol. The van der Waals surface area contributed by atoms with Crippen LogP contribution in [0.4, 0.5) is 0 Å². The summed E-state index contributed by atoms with van der Waals surface area (Å²) >= 11 is 0. The Morgan fingerprint density at radius 3 is 2.28 bits per heavy atom.